The highest BCUT2D eigenvalue weighted by Crippen LogP contribution is 2.32. The van der Waals surface area contributed by atoms with Gasteiger partial charge in [0, 0.05) is 6.54 Å². The highest BCUT2D eigenvalue weighted by molar-refractivity contribution is 5.79. The van der Waals surface area contributed by atoms with Gasteiger partial charge in [0.2, 0.25) is 5.91 Å². The van der Waals surface area contributed by atoms with Crippen molar-refractivity contribution < 1.29 is 13.6 Å². The minimum absolute atomic E-state index is 0.0124. The Labute approximate surface area is 128 Å². The van der Waals surface area contributed by atoms with Crippen molar-refractivity contribution in [1.82, 2.24) is 4.90 Å². The van der Waals surface area contributed by atoms with Crippen molar-refractivity contribution in [3.63, 3.8) is 0 Å². The van der Waals surface area contributed by atoms with Crippen LogP contribution in [0.2, 0.25) is 0 Å². The first-order valence-corrected chi connectivity index (χ1v) is 7.43. The van der Waals surface area contributed by atoms with Crippen LogP contribution in [0.15, 0.2) is 48.5 Å². The van der Waals surface area contributed by atoms with Crippen molar-refractivity contribution in [2.24, 2.45) is 0 Å². The quantitative estimate of drug-likeness (QED) is 0.842. The molecule has 1 unspecified atom stereocenters. The fourth-order valence-electron chi connectivity index (χ4n) is 3.02. The number of halogens is 2. The first-order valence-electron chi connectivity index (χ1n) is 7.43. The summed E-state index contributed by atoms with van der Waals surface area (Å²) in [4.78, 5) is 14.3. The molecule has 0 N–H and O–H groups in total. The van der Waals surface area contributed by atoms with Gasteiger partial charge in [0.1, 0.15) is 11.6 Å². The minimum atomic E-state index is -0.332. The Bertz CT molecular complexity index is 669. The molecule has 1 fully saturated rings. The molecule has 0 aromatic heterocycles. The van der Waals surface area contributed by atoms with E-state index in [1.54, 1.807) is 24.3 Å². The topological polar surface area (TPSA) is 20.3 Å². The van der Waals surface area contributed by atoms with E-state index < -0.39 is 0 Å². The summed E-state index contributed by atoms with van der Waals surface area (Å²) in [7, 11) is 0. The predicted octanol–water partition coefficient (Wildman–Crippen LogP) is 3.87. The van der Waals surface area contributed by atoms with Gasteiger partial charge in [-0.1, -0.05) is 24.3 Å². The van der Waals surface area contributed by atoms with Crippen molar-refractivity contribution in [2.75, 3.05) is 6.54 Å². The van der Waals surface area contributed by atoms with Crippen LogP contribution in [0.1, 0.15) is 30.0 Å². The summed E-state index contributed by atoms with van der Waals surface area (Å²) in [5.74, 6) is -0.626. The molecule has 0 aliphatic carbocycles. The molecular weight excluding hydrogens is 284 g/mol. The smallest absolute Gasteiger partial charge is 0.227 e. The van der Waals surface area contributed by atoms with Crippen molar-refractivity contribution in [1.29, 1.82) is 0 Å². The van der Waals surface area contributed by atoms with Gasteiger partial charge < -0.3 is 4.90 Å². The number of benzene rings is 2. The Morgan fingerprint density at radius 2 is 1.86 bits per heavy atom. The number of amides is 1. The monoisotopic (exact) mass is 301 g/mol. The van der Waals surface area contributed by atoms with Crippen molar-refractivity contribution in [3.05, 3.63) is 71.3 Å². The van der Waals surface area contributed by atoms with Crippen molar-refractivity contribution >= 4 is 5.91 Å². The summed E-state index contributed by atoms with van der Waals surface area (Å²) < 4.78 is 26.3. The lowest BCUT2D eigenvalue weighted by atomic mass is 10.0. The summed E-state index contributed by atoms with van der Waals surface area (Å²) in [6.45, 7) is 0.691. The zero-order chi connectivity index (χ0) is 15.5. The van der Waals surface area contributed by atoms with E-state index in [1.165, 1.54) is 24.3 Å². The van der Waals surface area contributed by atoms with Gasteiger partial charge in [-0.2, -0.15) is 0 Å². The van der Waals surface area contributed by atoms with Gasteiger partial charge in [0.25, 0.3) is 0 Å². The second-order valence-electron chi connectivity index (χ2n) is 5.60. The highest BCUT2D eigenvalue weighted by Gasteiger charge is 2.29. The van der Waals surface area contributed by atoms with E-state index in [0.717, 1.165) is 18.4 Å². The Balaban J connectivity index is 1.75. The maximum atomic E-state index is 13.2. The van der Waals surface area contributed by atoms with Crippen molar-refractivity contribution in [2.45, 2.75) is 25.3 Å². The molecular formula is C18H17F2NO. The molecule has 0 saturated carbocycles. The van der Waals surface area contributed by atoms with Gasteiger partial charge in [0.05, 0.1) is 12.5 Å². The molecule has 1 atom stereocenters. The Morgan fingerprint density at radius 3 is 2.59 bits per heavy atom. The largest absolute Gasteiger partial charge is 0.335 e. The second kappa shape index (κ2) is 6.26. The van der Waals surface area contributed by atoms with E-state index >= 15 is 0 Å². The van der Waals surface area contributed by atoms with Crippen LogP contribution in [-0.2, 0) is 11.2 Å². The number of hydrogen-bond donors (Lipinski definition) is 0. The summed E-state index contributed by atoms with van der Waals surface area (Å²) in [5, 5.41) is 0. The van der Waals surface area contributed by atoms with Crippen LogP contribution >= 0.6 is 0 Å². The van der Waals surface area contributed by atoms with E-state index in [-0.39, 0.29) is 30.0 Å². The number of carbonyl (C=O) groups excluding carboxylic acids is 1. The van der Waals surface area contributed by atoms with Gasteiger partial charge in [-0.3, -0.25) is 4.79 Å². The van der Waals surface area contributed by atoms with E-state index in [1.807, 2.05) is 4.90 Å². The molecule has 22 heavy (non-hydrogen) atoms. The van der Waals surface area contributed by atoms with Crippen LogP contribution in [0.4, 0.5) is 8.78 Å². The molecule has 2 aromatic carbocycles. The fraction of sp³-hybridized carbons (Fsp3) is 0.278. The van der Waals surface area contributed by atoms with Gasteiger partial charge in [-0.05, 0) is 48.2 Å². The van der Waals surface area contributed by atoms with Crippen LogP contribution in [0.3, 0.4) is 0 Å². The van der Waals surface area contributed by atoms with Gasteiger partial charge in [-0.15, -0.1) is 0 Å². The number of hydrogen-bond acceptors (Lipinski definition) is 1. The first-order chi connectivity index (χ1) is 10.6. The zero-order valence-corrected chi connectivity index (χ0v) is 12.1. The maximum absolute atomic E-state index is 13.2. The number of rotatable bonds is 3. The second-order valence-corrected chi connectivity index (χ2v) is 5.60. The molecule has 0 radical (unpaired) electrons. The molecule has 1 amide bonds. The summed E-state index contributed by atoms with van der Waals surface area (Å²) in [5.41, 5.74) is 1.63. The lowest BCUT2D eigenvalue weighted by molar-refractivity contribution is -0.131. The van der Waals surface area contributed by atoms with Gasteiger partial charge in [0.15, 0.2) is 0 Å². The molecule has 114 valence electrons. The Hall–Kier alpha value is -2.23. The SMILES string of the molecule is O=C(Cc1cccc(F)c1)N1CCCC1c1ccc(F)cc1. The maximum Gasteiger partial charge on any atom is 0.227 e. The van der Waals surface area contributed by atoms with Gasteiger partial charge >= 0.3 is 0 Å². The van der Waals surface area contributed by atoms with E-state index in [9.17, 15) is 13.6 Å². The third-order valence-corrected chi connectivity index (χ3v) is 4.07. The molecule has 2 aromatic rings. The standard InChI is InChI=1S/C18H17F2NO/c19-15-8-6-14(7-9-15)17-5-2-10-21(17)18(22)12-13-3-1-4-16(20)11-13/h1,3-4,6-9,11,17H,2,5,10,12H2. The number of carbonyl (C=O) groups is 1. The first kappa shape index (κ1) is 14.7. The molecule has 0 bridgehead atoms. The molecule has 1 heterocycles. The van der Waals surface area contributed by atoms with Crippen molar-refractivity contribution in [3.8, 4) is 0 Å². The molecule has 1 saturated heterocycles. The predicted molar refractivity (Wildman–Crippen MR) is 80.2 cm³/mol. The highest BCUT2D eigenvalue weighted by atomic mass is 19.1. The summed E-state index contributed by atoms with van der Waals surface area (Å²) in [6, 6.07) is 12.4. The molecule has 1 aliphatic rings. The van der Waals surface area contributed by atoms with Crippen LogP contribution < -0.4 is 0 Å². The number of likely N-dealkylation sites (tertiary alicyclic amines) is 1. The fourth-order valence-corrected chi connectivity index (χ4v) is 3.02. The van der Waals surface area contributed by atoms with E-state index in [2.05, 4.69) is 0 Å². The van der Waals surface area contributed by atoms with E-state index in [4.69, 9.17) is 0 Å². The van der Waals surface area contributed by atoms with Crippen LogP contribution in [-0.4, -0.2) is 17.4 Å². The Kier molecular flexibility index (Phi) is 4.18. The summed E-state index contributed by atoms with van der Waals surface area (Å²) >= 11 is 0. The normalized spacial score (nSPS) is 17.7. The van der Waals surface area contributed by atoms with Crippen LogP contribution in [0.25, 0.3) is 0 Å². The summed E-state index contributed by atoms with van der Waals surface area (Å²) in [6.07, 6.45) is 1.99. The van der Waals surface area contributed by atoms with E-state index in [0.29, 0.717) is 12.1 Å². The van der Waals surface area contributed by atoms with Crippen LogP contribution in [0.5, 0.6) is 0 Å². The molecule has 3 rings (SSSR count). The Morgan fingerprint density at radius 1 is 1.09 bits per heavy atom. The molecule has 1 aliphatic heterocycles. The zero-order valence-electron chi connectivity index (χ0n) is 12.1. The van der Waals surface area contributed by atoms with Crippen LogP contribution in [0, 0.1) is 11.6 Å². The average molecular weight is 301 g/mol. The lowest BCUT2D eigenvalue weighted by Crippen LogP contribution is -2.31. The average Bonchev–Trinajstić information content (AvgIpc) is 2.97. The van der Waals surface area contributed by atoms with Gasteiger partial charge in [-0.25, -0.2) is 8.78 Å². The molecule has 0 spiro atoms. The lowest BCUT2D eigenvalue weighted by Gasteiger charge is -2.25. The third-order valence-electron chi connectivity index (χ3n) is 4.07. The molecule has 4 heteroatoms. The third kappa shape index (κ3) is 3.16. The number of nitrogens with zero attached hydrogens (tertiary/aromatic N) is 1. The molecule has 2 nitrogen and oxygen atoms in total. The minimum Gasteiger partial charge on any atom is -0.335 e.